The van der Waals surface area contributed by atoms with Crippen molar-refractivity contribution < 1.29 is 19.1 Å². The van der Waals surface area contributed by atoms with Crippen LogP contribution in [0.1, 0.15) is 39.0 Å². The first kappa shape index (κ1) is 16.2. The summed E-state index contributed by atoms with van der Waals surface area (Å²) < 4.78 is 5.12. The fourth-order valence-corrected chi connectivity index (χ4v) is 2.89. The highest BCUT2D eigenvalue weighted by Gasteiger charge is 2.48. The van der Waals surface area contributed by atoms with Crippen LogP contribution >= 0.6 is 0 Å². The predicted molar refractivity (Wildman–Crippen MR) is 82.8 cm³/mol. The Bertz CT molecular complexity index is 596. The van der Waals surface area contributed by atoms with E-state index in [0.717, 1.165) is 0 Å². The average Bonchev–Trinajstić information content (AvgIpc) is 2.87. The maximum absolute atomic E-state index is 12.7. The van der Waals surface area contributed by atoms with E-state index >= 15 is 0 Å². The van der Waals surface area contributed by atoms with Crippen molar-refractivity contribution in [1.82, 2.24) is 0 Å². The summed E-state index contributed by atoms with van der Waals surface area (Å²) in [6.45, 7) is 1.48. The molecule has 0 unspecified atom stereocenters. The van der Waals surface area contributed by atoms with E-state index in [2.05, 4.69) is 5.32 Å². The van der Waals surface area contributed by atoms with Crippen molar-refractivity contribution in [1.29, 1.82) is 0 Å². The van der Waals surface area contributed by atoms with Gasteiger partial charge in [0.2, 0.25) is 5.91 Å². The molecule has 1 fully saturated rings. The van der Waals surface area contributed by atoms with Crippen LogP contribution in [0.4, 0.5) is 5.69 Å². The Kier molecular flexibility index (Phi) is 4.96. The standard InChI is InChI=1S/C17H21NO4/c1-12(19)8-10-17(9-4-7-15(17)20)16(21)18-13-5-3-6-14(11-13)22-2/h3,5-6,11H,4,7-10H2,1-2H3,(H,18,21)/t17-/m1/s1. The summed E-state index contributed by atoms with van der Waals surface area (Å²) in [5.74, 6) is 0.250. The first-order chi connectivity index (χ1) is 10.5. The number of hydrogen-bond acceptors (Lipinski definition) is 4. The highest BCUT2D eigenvalue weighted by atomic mass is 16.5. The maximum atomic E-state index is 12.7. The Morgan fingerprint density at radius 2 is 2.14 bits per heavy atom. The number of Topliss-reactive ketones (excluding diaryl/α,β-unsaturated/α-hetero) is 2. The lowest BCUT2D eigenvalue weighted by molar-refractivity contribution is -0.137. The van der Waals surface area contributed by atoms with E-state index in [0.29, 0.717) is 30.7 Å². The van der Waals surface area contributed by atoms with Crippen LogP contribution in [0, 0.1) is 5.41 Å². The summed E-state index contributed by atoms with van der Waals surface area (Å²) in [4.78, 5) is 36.2. The minimum Gasteiger partial charge on any atom is -0.497 e. The largest absolute Gasteiger partial charge is 0.497 e. The molecule has 1 saturated carbocycles. The number of ketones is 2. The van der Waals surface area contributed by atoms with E-state index in [9.17, 15) is 14.4 Å². The third-order valence-electron chi connectivity index (χ3n) is 4.21. The topological polar surface area (TPSA) is 72.5 Å². The fraction of sp³-hybridized carbons (Fsp3) is 0.471. The van der Waals surface area contributed by atoms with Crippen LogP contribution in [0.3, 0.4) is 0 Å². The molecule has 1 N–H and O–H groups in total. The number of anilines is 1. The number of amides is 1. The quantitative estimate of drug-likeness (QED) is 0.820. The summed E-state index contributed by atoms with van der Waals surface area (Å²) in [7, 11) is 1.55. The van der Waals surface area contributed by atoms with Gasteiger partial charge in [-0.05, 0) is 38.3 Å². The molecule has 2 rings (SSSR count). The molecular formula is C17H21NO4. The second-order valence-corrected chi connectivity index (χ2v) is 5.75. The van der Waals surface area contributed by atoms with Crippen LogP contribution in [-0.4, -0.2) is 24.6 Å². The van der Waals surface area contributed by atoms with E-state index in [1.807, 2.05) is 0 Å². The highest BCUT2D eigenvalue weighted by molar-refractivity contribution is 6.12. The molecule has 0 aromatic heterocycles. The number of benzene rings is 1. The lowest BCUT2D eigenvalue weighted by atomic mass is 9.79. The number of rotatable bonds is 6. The number of carbonyl (C=O) groups excluding carboxylic acids is 3. The molecule has 0 saturated heterocycles. The van der Waals surface area contributed by atoms with Crippen LogP contribution in [0.2, 0.25) is 0 Å². The first-order valence-corrected chi connectivity index (χ1v) is 7.46. The molecule has 0 heterocycles. The molecule has 1 aromatic rings. The smallest absolute Gasteiger partial charge is 0.238 e. The molecule has 0 bridgehead atoms. The summed E-state index contributed by atoms with van der Waals surface area (Å²) in [6, 6.07) is 7.00. The lowest BCUT2D eigenvalue weighted by Crippen LogP contribution is -2.40. The second kappa shape index (κ2) is 6.73. The third kappa shape index (κ3) is 3.35. The minimum absolute atomic E-state index is 0.00625. The number of carbonyl (C=O) groups is 3. The van der Waals surface area contributed by atoms with Gasteiger partial charge in [-0.3, -0.25) is 9.59 Å². The van der Waals surface area contributed by atoms with Crippen LogP contribution in [0.15, 0.2) is 24.3 Å². The van der Waals surface area contributed by atoms with Gasteiger partial charge >= 0.3 is 0 Å². The van der Waals surface area contributed by atoms with Gasteiger partial charge in [0, 0.05) is 24.6 Å². The van der Waals surface area contributed by atoms with Gasteiger partial charge < -0.3 is 14.8 Å². The summed E-state index contributed by atoms with van der Waals surface area (Å²) in [5.41, 5.74) is -0.472. The third-order valence-corrected chi connectivity index (χ3v) is 4.21. The lowest BCUT2D eigenvalue weighted by Gasteiger charge is -2.25. The maximum Gasteiger partial charge on any atom is 0.238 e. The van der Waals surface area contributed by atoms with E-state index in [1.54, 1.807) is 31.4 Å². The Balaban J connectivity index is 2.18. The summed E-state index contributed by atoms with van der Waals surface area (Å²) in [5, 5.41) is 2.80. The Labute approximate surface area is 130 Å². The normalized spacial score (nSPS) is 20.7. The van der Waals surface area contributed by atoms with Crippen LogP contribution in [0.5, 0.6) is 5.75 Å². The molecule has 5 nitrogen and oxygen atoms in total. The molecule has 1 aromatic carbocycles. The van der Waals surface area contributed by atoms with Crippen LogP contribution in [0.25, 0.3) is 0 Å². The molecule has 0 aliphatic heterocycles. The molecule has 1 aliphatic carbocycles. The highest BCUT2D eigenvalue weighted by Crippen LogP contribution is 2.40. The molecule has 22 heavy (non-hydrogen) atoms. The summed E-state index contributed by atoms with van der Waals surface area (Å²) >= 11 is 0. The summed E-state index contributed by atoms with van der Waals surface area (Å²) in [6.07, 6.45) is 2.15. The number of hydrogen-bond donors (Lipinski definition) is 1. The molecular weight excluding hydrogens is 282 g/mol. The van der Waals surface area contributed by atoms with E-state index in [4.69, 9.17) is 4.74 Å². The SMILES string of the molecule is COc1cccc(NC(=O)[C@@]2(CCC(C)=O)CCCC2=O)c1. The molecule has 1 atom stereocenters. The number of ether oxygens (including phenoxy) is 1. The van der Waals surface area contributed by atoms with Gasteiger partial charge in [0.1, 0.15) is 22.7 Å². The van der Waals surface area contributed by atoms with Gasteiger partial charge in [-0.25, -0.2) is 0 Å². The van der Waals surface area contributed by atoms with Crippen LogP contribution < -0.4 is 10.1 Å². The Morgan fingerprint density at radius 1 is 1.36 bits per heavy atom. The molecule has 0 radical (unpaired) electrons. The van der Waals surface area contributed by atoms with Gasteiger partial charge in [0.25, 0.3) is 0 Å². The minimum atomic E-state index is -1.06. The Hall–Kier alpha value is -2.17. The van der Waals surface area contributed by atoms with Crippen molar-refractivity contribution >= 4 is 23.2 Å². The van der Waals surface area contributed by atoms with Crippen molar-refractivity contribution in [3.8, 4) is 5.75 Å². The van der Waals surface area contributed by atoms with Crippen molar-refractivity contribution in [2.75, 3.05) is 12.4 Å². The number of methoxy groups -OCH3 is 1. The van der Waals surface area contributed by atoms with Gasteiger partial charge in [0.15, 0.2) is 0 Å². The molecule has 118 valence electrons. The van der Waals surface area contributed by atoms with Crippen molar-refractivity contribution in [2.45, 2.75) is 39.0 Å². The Morgan fingerprint density at radius 3 is 2.73 bits per heavy atom. The monoisotopic (exact) mass is 303 g/mol. The first-order valence-electron chi connectivity index (χ1n) is 7.46. The van der Waals surface area contributed by atoms with Crippen molar-refractivity contribution in [3.63, 3.8) is 0 Å². The van der Waals surface area contributed by atoms with Crippen molar-refractivity contribution in [2.24, 2.45) is 5.41 Å². The zero-order valence-corrected chi connectivity index (χ0v) is 13.0. The van der Waals surface area contributed by atoms with E-state index in [1.165, 1.54) is 6.92 Å². The van der Waals surface area contributed by atoms with E-state index < -0.39 is 5.41 Å². The van der Waals surface area contributed by atoms with Crippen molar-refractivity contribution in [3.05, 3.63) is 24.3 Å². The predicted octanol–water partition coefficient (Wildman–Crippen LogP) is 2.74. The zero-order valence-electron chi connectivity index (χ0n) is 13.0. The van der Waals surface area contributed by atoms with Gasteiger partial charge in [-0.2, -0.15) is 0 Å². The van der Waals surface area contributed by atoms with Gasteiger partial charge in [-0.1, -0.05) is 6.07 Å². The molecule has 1 amide bonds. The second-order valence-electron chi connectivity index (χ2n) is 5.75. The van der Waals surface area contributed by atoms with Gasteiger partial charge in [0.05, 0.1) is 7.11 Å². The molecule has 0 spiro atoms. The van der Waals surface area contributed by atoms with E-state index in [-0.39, 0.29) is 30.3 Å². The van der Waals surface area contributed by atoms with Crippen LogP contribution in [-0.2, 0) is 14.4 Å². The molecule has 1 aliphatic rings. The van der Waals surface area contributed by atoms with Gasteiger partial charge in [-0.15, -0.1) is 0 Å². The zero-order chi connectivity index (χ0) is 16.2. The molecule has 5 heteroatoms. The average molecular weight is 303 g/mol. The number of nitrogens with one attached hydrogen (secondary N) is 1. The fourth-order valence-electron chi connectivity index (χ4n) is 2.89.